The van der Waals surface area contributed by atoms with Gasteiger partial charge in [-0.1, -0.05) is 19.4 Å². The van der Waals surface area contributed by atoms with Crippen LogP contribution in [0.25, 0.3) is 0 Å². The van der Waals surface area contributed by atoms with E-state index in [1.165, 1.54) is 31.3 Å². The molecule has 25 heavy (non-hydrogen) atoms. The van der Waals surface area contributed by atoms with Crippen LogP contribution in [-0.2, 0) is 14.3 Å². The molecule has 3 nitrogen and oxygen atoms in total. The number of allylic oxidation sites excluding steroid dienone is 1. The quantitative estimate of drug-likeness (QED) is 0.605. The van der Waals surface area contributed by atoms with Crippen molar-refractivity contribution in [3.63, 3.8) is 0 Å². The van der Waals surface area contributed by atoms with Gasteiger partial charge in [-0.2, -0.15) is 0 Å². The number of ether oxygens (including phenoxy) is 1. The Kier molecular flexibility index (Phi) is 3.21. The Bertz CT molecular complexity index is 679. The van der Waals surface area contributed by atoms with Crippen molar-refractivity contribution in [2.24, 2.45) is 28.6 Å². The molecule has 0 aromatic carbocycles. The maximum absolute atomic E-state index is 11.9. The lowest BCUT2D eigenvalue weighted by molar-refractivity contribution is -0.168. The highest BCUT2D eigenvalue weighted by Crippen LogP contribution is 2.69. The van der Waals surface area contributed by atoms with Crippen LogP contribution in [0.3, 0.4) is 0 Å². The van der Waals surface area contributed by atoms with E-state index in [1.807, 2.05) is 6.08 Å². The summed E-state index contributed by atoms with van der Waals surface area (Å²) in [5.74, 6) is 2.51. The number of ketones is 1. The fourth-order valence-corrected chi connectivity index (χ4v) is 7.85. The molecule has 0 radical (unpaired) electrons. The molecule has 0 N–H and O–H groups in total. The third-order valence-corrected chi connectivity index (χ3v) is 9.29. The van der Waals surface area contributed by atoms with E-state index in [0.29, 0.717) is 24.0 Å². The van der Waals surface area contributed by atoms with Gasteiger partial charge in [0.15, 0.2) is 5.78 Å². The highest BCUT2D eigenvalue weighted by Gasteiger charge is 2.66. The van der Waals surface area contributed by atoms with Crippen LogP contribution >= 0.6 is 0 Å². The molecular formula is C22H30O3. The van der Waals surface area contributed by atoms with Gasteiger partial charge in [-0.3, -0.25) is 9.59 Å². The van der Waals surface area contributed by atoms with E-state index in [9.17, 15) is 9.59 Å². The van der Waals surface area contributed by atoms with Crippen molar-refractivity contribution in [2.45, 2.75) is 83.7 Å². The summed E-state index contributed by atoms with van der Waals surface area (Å²) in [4.78, 5) is 23.8. The first-order chi connectivity index (χ1) is 11.9. The Hall–Kier alpha value is -1.12. The molecule has 0 amide bonds. The van der Waals surface area contributed by atoms with E-state index in [1.54, 1.807) is 0 Å². The summed E-state index contributed by atoms with van der Waals surface area (Å²) in [7, 11) is 0. The first kappa shape index (κ1) is 16.1. The first-order valence-corrected chi connectivity index (χ1v) is 10.3. The van der Waals surface area contributed by atoms with Crippen LogP contribution in [0.15, 0.2) is 11.6 Å². The Balaban J connectivity index is 1.49. The summed E-state index contributed by atoms with van der Waals surface area (Å²) < 4.78 is 6.01. The molecule has 136 valence electrons. The van der Waals surface area contributed by atoms with Crippen molar-refractivity contribution in [3.05, 3.63) is 11.6 Å². The summed E-state index contributed by atoms with van der Waals surface area (Å²) in [5.41, 5.74) is 1.68. The van der Waals surface area contributed by atoms with Crippen molar-refractivity contribution in [3.8, 4) is 0 Å². The van der Waals surface area contributed by atoms with E-state index in [4.69, 9.17) is 4.74 Å². The molecule has 0 aromatic heterocycles. The van der Waals surface area contributed by atoms with Gasteiger partial charge >= 0.3 is 5.97 Å². The Morgan fingerprint density at radius 1 is 0.920 bits per heavy atom. The largest absolute Gasteiger partial charge is 0.458 e. The molecule has 3 heteroatoms. The minimum atomic E-state index is -0.167. The lowest BCUT2D eigenvalue weighted by Gasteiger charge is -2.59. The van der Waals surface area contributed by atoms with Gasteiger partial charge in [-0.15, -0.1) is 0 Å². The molecule has 3 saturated carbocycles. The fraction of sp³-hybridized carbons (Fsp3) is 0.818. The minimum absolute atomic E-state index is 0.0237. The Morgan fingerprint density at radius 2 is 1.72 bits per heavy atom. The molecule has 1 heterocycles. The molecule has 6 atom stereocenters. The third-order valence-electron chi connectivity index (χ3n) is 9.29. The zero-order valence-corrected chi connectivity index (χ0v) is 15.6. The number of esters is 1. The molecule has 0 aromatic rings. The molecule has 0 bridgehead atoms. The summed E-state index contributed by atoms with van der Waals surface area (Å²) >= 11 is 0. The van der Waals surface area contributed by atoms with Crippen molar-refractivity contribution in [1.29, 1.82) is 0 Å². The SMILES string of the molecule is C[C@]12CC[C@@H]3[C@H](CCC4=CC(=O)CC[C@]43C)[C@@H]1CC[C@]21CCC(=O)O1. The molecular weight excluding hydrogens is 312 g/mol. The van der Waals surface area contributed by atoms with Crippen LogP contribution in [0.4, 0.5) is 0 Å². The second-order valence-corrected chi connectivity index (χ2v) is 9.93. The highest BCUT2D eigenvalue weighted by atomic mass is 16.6. The number of rotatable bonds is 0. The molecule has 0 unspecified atom stereocenters. The van der Waals surface area contributed by atoms with Gasteiger partial charge in [0.2, 0.25) is 0 Å². The van der Waals surface area contributed by atoms with Crippen LogP contribution in [-0.4, -0.2) is 17.4 Å². The van der Waals surface area contributed by atoms with Gasteiger partial charge in [-0.05, 0) is 80.6 Å². The Morgan fingerprint density at radius 3 is 2.48 bits per heavy atom. The molecule has 1 saturated heterocycles. The highest BCUT2D eigenvalue weighted by molar-refractivity contribution is 5.91. The monoisotopic (exact) mass is 342 g/mol. The zero-order valence-electron chi connectivity index (χ0n) is 15.6. The van der Waals surface area contributed by atoms with Crippen molar-refractivity contribution < 1.29 is 14.3 Å². The van der Waals surface area contributed by atoms with Crippen molar-refractivity contribution in [2.75, 3.05) is 0 Å². The molecule has 5 aliphatic rings. The minimum Gasteiger partial charge on any atom is -0.458 e. The standard InChI is InChI=1S/C22H30O3/c1-20-9-5-15(23)13-14(20)3-4-16-17(20)6-10-21(2)18(16)7-11-22(21)12-8-19(24)25-22/h13,16-18H,3-12H2,1-2H3/t16-,17+,18-,20+,21-,22-/m0/s1. The summed E-state index contributed by atoms with van der Waals surface area (Å²) in [6, 6.07) is 0. The van der Waals surface area contributed by atoms with E-state index < -0.39 is 0 Å². The second kappa shape index (κ2) is 4.98. The molecule has 5 rings (SSSR count). The van der Waals surface area contributed by atoms with Gasteiger partial charge in [0, 0.05) is 18.3 Å². The Labute approximate surface area is 150 Å². The van der Waals surface area contributed by atoms with Gasteiger partial charge in [-0.25, -0.2) is 0 Å². The van der Waals surface area contributed by atoms with Gasteiger partial charge < -0.3 is 4.74 Å². The van der Waals surface area contributed by atoms with Crippen molar-refractivity contribution >= 4 is 11.8 Å². The lowest BCUT2D eigenvalue weighted by atomic mass is 9.46. The van der Waals surface area contributed by atoms with E-state index in [2.05, 4.69) is 13.8 Å². The molecule has 1 aliphatic heterocycles. The molecule has 1 spiro atoms. The van der Waals surface area contributed by atoms with Gasteiger partial charge in [0.05, 0.1) is 0 Å². The number of fused-ring (bicyclic) bond motifs is 6. The number of hydrogen-bond acceptors (Lipinski definition) is 3. The van der Waals surface area contributed by atoms with Gasteiger partial charge in [0.25, 0.3) is 0 Å². The van der Waals surface area contributed by atoms with E-state index in [-0.39, 0.29) is 22.4 Å². The third kappa shape index (κ3) is 1.93. The maximum atomic E-state index is 11.9. The van der Waals surface area contributed by atoms with Crippen molar-refractivity contribution in [1.82, 2.24) is 0 Å². The fourth-order valence-electron chi connectivity index (χ4n) is 7.85. The second-order valence-electron chi connectivity index (χ2n) is 9.93. The maximum Gasteiger partial charge on any atom is 0.306 e. The average molecular weight is 342 g/mol. The topological polar surface area (TPSA) is 43.4 Å². The number of carbonyl (C=O) groups is 2. The van der Waals surface area contributed by atoms with Crippen LogP contribution in [0.5, 0.6) is 0 Å². The smallest absolute Gasteiger partial charge is 0.306 e. The van der Waals surface area contributed by atoms with Crippen LogP contribution in [0.2, 0.25) is 0 Å². The zero-order chi connectivity index (χ0) is 17.4. The molecule has 4 fully saturated rings. The average Bonchev–Trinajstić information content (AvgIpc) is 3.10. The normalized spacial score (nSPS) is 51.6. The summed E-state index contributed by atoms with van der Waals surface area (Å²) in [5, 5.41) is 0. The predicted octanol–water partition coefficient (Wildman–Crippen LogP) is 4.59. The molecule has 4 aliphatic carbocycles. The summed E-state index contributed by atoms with van der Waals surface area (Å²) in [6.07, 6.45) is 12.3. The van der Waals surface area contributed by atoms with Crippen LogP contribution < -0.4 is 0 Å². The van der Waals surface area contributed by atoms with Crippen LogP contribution in [0, 0.1) is 28.6 Å². The summed E-state index contributed by atoms with van der Waals surface area (Å²) in [6.45, 7) is 4.86. The lowest BCUT2D eigenvalue weighted by Crippen LogP contribution is -2.54. The predicted molar refractivity (Wildman–Crippen MR) is 94.8 cm³/mol. The number of hydrogen-bond donors (Lipinski definition) is 0. The van der Waals surface area contributed by atoms with Gasteiger partial charge in [0.1, 0.15) is 5.60 Å². The van der Waals surface area contributed by atoms with E-state index in [0.717, 1.165) is 38.0 Å². The van der Waals surface area contributed by atoms with E-state index >= 15 is 0 Å². The first-order valence-electron chi connectivity index (χ1n) is 10.3. The number of carbonyl (C=O) groups excluding carboxylic acids is 2. The van der Waals surface area contributed by atoms with Crippen LogP contribution in [0.1, 0.15) is 78.1 Å².